The second-order valence-electron chi connectivity index (χ2n) is 6.98. The standard InChI is InChI=1S/C21H22N2O5/c24-17-6-4-14(5-7-17)19(25)15-8-10-23(11-9-15)21(26)22-12-16-2-1-3-18-20(16)28-13-27-18/h1-7,15,24H,8-13H2,(H,22,26). The molecule has 0 unspecified atom stereocenters. The molecular formula is C21H22N2O5. The number of phenolic OH excluding ortho intramolecular Hbond substituents is 1. The van der Waals surface area contributed by atoms with Gasteiger partial charge in [0.15, 0.2) is 17.3 Å². The van der Waals surface area contributed by atoms with Gasteiger partial charge in [0.05, 0.1) is 0 Å². The number of nitrogens with zero attached hydrogens (tertiary/aromatic N) is 1. The summed E-state index contributed by atoms with van der Waals surface area (Å²) >= 11 is 0. The first-order valence-corrected chi connectivity index (χ1v) is 9.35. The van der Waals surface area contributed by atoms with Crippen molar-refractivity contribution in [1.82, 2.24) is 10.2 Å². The van der Waals surface area contributed by atoms with Crippen LogP contribution in [-0.2, 0) is 6.54 Å². The molecule has 28 heavy (non-hydrogen) atoms. The molecule has 2 N–H and O–H groups in total. The number of aromatic hydroxyl groups is 1. The number of para-hydroxylation sites is 1. The fourth-order valence-corrected chi connectivity index (χ4v) is 3.62. The van der Waals surface area contributed by atoms with Crippen LogP contribution in [0.1, 0.15) is 28.8 Å². The van der Waals surface area contributed by atoms with Crippen LogP contribution in [0.5, 0.6) is 17.2 Å². The molecular weight excluding hydrogens is 360 g/mol. The molecule has 2 aliphatic heterocycles. The van der Waals surface area contributed by atoms with Gasteiger partial charge in [0.25, 0.3) is 0 Å². The molecule has 2 aromatic carbocycles. The number of carbonyl (C=O) groups excluding carboxylic acids is 2. The molecule has 1 fully saturated rings. The predicted octanol–water partition coefficient (Wildman–Crippen LogP) is 2.93. The molecule has 0 saturated carbocycles. The number of phenols is 1. The third-order valence-corrected chi connectivity index (χ3v) is 5.21. The summed E-state index contributed by atoms with van der Waals surface area (Å²) in [7, 11) is 0. The molecule has 0 bridgehead atoms. The fraction of sp³-hybridized carbons (Fsp3) is 0.333. The zero-order chi connectivity index (χ0) is 19.5. The van der Waals surface area contributed by atoms with Crippen LogP contribution in [-0.4, -0.2) is 41.7 Å². The molecule has 2 heterocycles. The highest BCUT2D eigenvalue weighted by molar-refractivity contribution is 5.98. The van der Waals surface area contributed by atoms with Crippen molar-refractivity contribution in [2.24, 2.45) is 5.92 Å². The van der Waals surface area contributed by atoms with Crippen LogP contribution in [0.15, 0.2) is 42.5 Å². The van der Waals surface area contributed by atoms with E-state index in [9.17, 15) is 14.7 Å². The Kier molecular flexibility index (Phi) is 5.06. The second-order valence-corrected chi connectivity index (χ2v) is 6.98. The number of nitrogens with one attached hydrogen (secondary N) is 1. The van der Waals surface area contributed by atoms with Crippen LogP contribution in [0.3, 0.4) is 0 Å². The van der Waals surface area contributed by atoms with Crippen LogP contribution in [0, 0.1) is 5.92 Å². The van der Waals surface area contributed by atoms with Gasteiger partial charge in [-0.1, -0.05) is 12.1 Å². The lowest BCUT2D eigenvalue weighted by atomic mass is 9.89. The zero-order valence-electron chi connectivity index (χ0n) is 15.4. The van der Waals surface area contributed by atoms with Crippen molar-refractivity contribution >= 4 is 11.8 Å². The molecule has 7 heteroatoms. The highest BCUT2D eigenvalue weighted by atomic mass is 16.7. The molecule has 1 saturated heterocycles. The Balaban J connectivity index is 1.29. The summed E-state index contributed by atoms with van der Waals surface area (Å²) in [6.45, 7) is 1.63. The fourth-order valence-electron chi connectivity index (χ4n) is 3.62. The number of likely N-dealkylation sites (tertiary alicyclic amines) is 1. The normalized spacial score (nSPS) is 16.1. The summed E-state index contributed by atoms with van der Waals surface area (Å²) in [6.07, 6.45) is 1.26. The number of hydrogen-bond donors (Lipinski definition) is 2. The van der Waals surface area contributed by atoms with E-state index < -0.39 is 0 Å². The molecule has 2 aromatic rings. The highest BCUT2D eigenvalue weighted by Gasteiger charge is 2.28. The number of carbonyl (C=O) groups is 2. The van der Waals surface area contributed by atoms with Crippen molar-refractivity contribution in [1.29, 1.82) is 0 Å². The number of benzene rings is 2. The maximum absolute atomic E-state index is 12.6. The van der Waals surface area contributed by atoms with E-state index in [0.717, 1.165) is 5.56 Å². The van der Waals surface area contributed by atoms with Crippen molar-refractivity contribution < 1.29 is 24.2 Å². The molecule has 7 nitrogen and oxygen atoms in total. The van der Waals surface area contributed by atoms with E-state index in [1.807, 2.05) is 18.2 Å². The minimum Gasteiger partial charge on any atom is -0.508 e. The van der Waals surface area contributed by atoms with Crippen molar-refractivity contribution in [2.75, 3.05) is 19.9 Å². The summed E-state index contributed by atoms with van der Waals surface area (Å²) in [5.74, 6) is 1.49. The number of Topliss-reactive ketones (excluding diaryl/α,β-unsaturated/α-hetero) is 1. The zero-order valence-corrected chi connectivity index (χ0v) is 15.4. The SMILES string of the molecule is O=C(c1ccc(O)cc1)C1CCN(C(=O)NCc2cccc3c2OCO3)CC1. The first kappa shape index (κ1) is 18.2. The van der Waals surface area contributed by atoms with Gasteiger partial charge in [-0.05, 0) is 43.2 Å². The third kappa shape index (κ3) is 3.74. The van der Waals surface area contributed by atoms with Gasteiger partial charge in [0.1, 0.15) is 5.75 Å². The van der Waals surface area contributed by atoms with E-state index in [2.05, 4.69) is 5.32 Å². The molecule has 0 aromatic heterocycles. The van der Waals surface area contributed by atoms with Gasteiger partial charge in [-0.15, -0.1) is 0 Å². The first-order chi connectivity index (χ1) is 13.6. The van der Waals surface area contributed by atoms with Gasteiger partial charge in [-0.25, -0.2) is 4.79 Å². The Bertz CT molecular complexity index is 873. The largest absolute Gasteiger partial charge is 0.508 e. The lowest BCUT2D eigenvalue weighted by Crippen LogP contribution is -2.45. The third-order valence-electron chi connectivity index (χ3n) is 5.21. The number of ether oxygens (including phenoxy) is 2. The van der Waals surface area contributed by atoms with Crippen LogP contribution in [0.25, 0.3) is 0 Å². The number of hydrogen-bond acceptors (Lipinski definition) is 5. The molecule has 0 aliphatic carbocycles. The smallest absolute Gasteiger partial charge is 0.317 e. The molecule has 0 radical (unpaired) electrons. The molecule has 146 valence electrons. The van der Waals surface area contributed by atoms with Crippen LogP contribution < -0.4 is 14.8 Å². The maximum Gasteiger partial charge on any atom is 0.317 e. The molecule has 0 spiro atoms. The van der Waals surface area contributed by atoms with Gasteiger partial charge in [0.2, 0.25) is 6.79 Å². The topological polar surface area (TPSA) is 88.1 Å². The van der Waals surface area contributed by atoms with E-state index in [1.165, 1.54) is 12.1 Å². The average molecular weight is 382 g/mol. The number of amides is 2. The second kappa shape index (κ2) is 7.80. The Hall–Kier alpha value is -3.22. The van der Waals surface area contributed by atoms with E-state index in [0.29, 0.717) is 49.5 Å². The minimum atomic E-state index is -0.146. The summed E-state index contributed by atoms with van der Waals surface area (Å²) < 4.78 is 10.8. The lowest BCUT2D eigenvalue weighted by molar-refractivity contribution is 0.0854. The van der Waals surface area contributed by atoms with E-state index in [4.69, 9.17) is 9.47 Å². The monoisotopic (exact) mass is 382 g/mol. The van der Waals surface area contributed by atoms with Crippen molar-refractivity contribution in [3.05, 3.63) is 53.6 Å². The van der Waals surface area contributed by atoms with Gasteiger partial charge in [0, 0.05) is 36.7 Å². The van der Waals surface area contributed by atoms with Gasteiger partial charge >= 0.3 is 6.03 Å². The Labute approximate surface area is 162 Å². The van der Waals surface area contributed by atoms with Gasteiger partial charge in [-0.3, -0.25) is 4.79 Å². The van der Waals surface area contributed by atoms with Crippen molar-refractivity contribution in [2.45, 2.75) is 19.4 Å². The molecule has 2 amide bonds. The van der Waals surface area contributed by atoms with E-state index in [1.54, 1.807) is 17.0 Å². The number of ketones is 1. The molecule has 0 atom stereocenters. The summed E-state index contributed by atoms with van der Waals surface area (Å²) in [4.78, 5) is 26.8. The summed E-state index contributed by atoms with van der Waals surface area (Å²) in [5, 5.41) is 12.3. The maximum atomic E-state index is 12.6. The Morgan fingerprint density at radius 1 is 1.07 bits per heavy atom. The summed E-state index contributed by atoms with van der Waals surface area (Å²) in [5.41, 5.74) is 1.47. The molecule has 4 rings (SSSR count). The number of fused-ring (bicyclic) bond motifs is 1. The van der Waals surface area contributed by atoms with E-state index in [-0.39, 0.29) is 30.3 Å². The predicted molar refractivity (Wildman–Crippen MR) is 102 cm³/mol. The van der Waals surface area contributed by atoms with E-state index >= 15 is 0 Å². The van der Waals surface area contributed by atoms with Crippen molar-refractivity contribution in [3.8, 4) is 17.2 Å². The Morgan fingerprint density at radius 2 is 1.82 bits per heavy atom. The first-order valence-electron chi connectivity index (χ1n) is 9.35. The van der Waals surface area contributed by atoms with Gasteiger partial charge < -0.3 is 24.8 Å². The summed E-state index contributed by atoms with van der Waals surface area (Å²) in [6, 6.07) is 11.8. The van der Waals surface area contributed by atoms with Crippen LogP contribution in [0.2, 0.25) is 0 Å². The van der Waals surface area contributed by atoms with Crippen molar-refractivity contribution in [3.63, 3.8) is 0 Å². The molecule has 2 aliphatic rings. The van der Waals surface area contributed by atoms with Gasteiger partial charge in [-0.2, -0.15) is 0 Å². The quantitative estimate of drug-likeness (QED) is 0.794. The Morgan fingerprint density at radius 3 is 2.57 bits per heavy atom. The number of rotatable bonds is 4. The number of piperidine rings is 1. The van der Waals surface area contributed by atoms with Crippen LogP contribution in [0.4, 0.5) is 4.79 Å². The average Bonchev–Trinajstić information content (AvgIpc) is 3.21. The van der Waals surface area contributed by atoms with Crippen LogP contribution >= 0.6 is 0 Å². The highest BCUT2D eigenvalue weighted by Crippen LogP contribution is 2.35. The lowest BCUT2D eigenvalue weighted by Gasteiger charge is -2.31. The number of urea groups is 1. The minimum absolute atomic E-state index is 0.0667.